The SMILES string of the molecule is Cn1cc(C(=O)N[C@H](Cc2ccccc2)C(=O)O)cn1. The standard InChI is InChI=1S/C14H15N3O3/c1-17-9-11(8-15-17)13(18)16-12(14(19)20)7-10-5-3-2-4-6-10/h2-6,8-9,12H,7H2,1H3,(H,16,18)(H,19,20)/t12-/m1/s1. The molecule has 0 saturated carbocycles. The molecule has 0 bridgehead atoms. The van der Waals surface area contributed by atoms with Crippen LogP contribution >= 0.6 is 0 Å². The Bertz CT molecular complexity index is 607. The number of rotatable bonds is 5. The van der Waals surface area contributed by atoms with E-state index in [1.54, 1.807) is 7.05 Å². The summed E-state index contributed by atoms with van der Waals surface area (Å²) < 4.78 is 1.49. The maximum Gasteiger partial charge on any atom is 0.326 e. The molecular formula is C14H15N3O3. The molecule has 0 aliphatic rings. The normalized spacial score (nSPS) is 11.8. The van der Waals surface area contributed by atoms with Crippen LogP contribution in [0.25, 0.3) is 0 Å². The van der Waals surface area contributed by atoms with Crippen LogP contribution in [0.4, 0.5) is 0 Å². The first kappa shape index (κ1) is 13.8. The van der Waals surface area contributed by atoms with Crippen LogP contribution in [0.15, 0.2) is 42.7 Å². The highest BCUT2D eigenvalue weighted by Crippen LogP contribution is 2.05. The molecule has 0 radical (unpaired) electrons. The molecule has 2 rings (SSSR count). The van der Waals surface area contributed by atoms with E-state index in [1.165, 1.54) is 17.1 Å². The molecule has 0 spiro atoms. The number of benzene rings is 1. The van der Waals surface area contributed by atoms with Crippen molar-refractivity contribution in [3.05, 3.63) is 53.9 Å². The number of carboxylic acids is 1. The summed E-state index contributed by atoms with van der Waals surface area (Å²) in [7, 11) is 1.69. The van der Waals surface area contributed by atoms with E-state index in [2.05, 4.69) is 10.4 Å². The average Bonchev–Trinajstić information content (AvgIpc) is 2.86. The lowest BCUT2D eigenvalue weighted by Crippen LogP contribution is -2.42. The monoisotopic (exact) mass is 273 g/mol. The first-order valence-electron chi connectivity index (χ1n) is 6.12. The predicted octanol–water partition coefficient (Wildman–Crippen LogP) is 0.846. The fraction of sp³-hybridized carbons (Fsp3) is 0.214. The zero-order valence-corrected chi connectivity index (χ0v) is 11.0. The maximum absolute atomic E-state index is 11.9. The summed E-state index contributed by atoms with van der Waals surface area (Å²) in [6.07, 6.45) is 3.18. The van der Waals surface area contributed by atoms with E-state index >= 15 is 0 Å². The number of aliphatic carboxylic acids is 1. The second-order valence-electron chi connectivity index (χ2n) is 4.46. The third-order valence-corrected chi connectivity index (χ3v) is 2.85. The van der Waals surface area contributed by atoms with Gasteiger partial charge in [-0.25, -0.2) is 4.79 Å². The Hall–Kier alpha value is -2.63. The molecule has 104 valence electrons. The molecular weight excluding hydrogens is 258 g/mol. The van der Waals surface area contributed by atoms with Gasteiger partial charge >= 0.3 is 5.97 Å². The van der Waals surface area contributed by atoms with Crippen LogP contribution in [-0.2, 0) is 18.3 Å². The van der Waals surface area contributed by atoms with E-state index in [9.17, 15) is 14.7 Å². The van der Waals surface area contributed by atoms with Gasteiger partial charge in [-0.05, 0) is 5.56 Å². The van der Waals surface area contributed by atoms with Crippen LogP contribution in [0.3, 0.4) is 0 Å². The highest BCUT2D eigenvalue weighted by molar-refractivity contribution is 5.96. The third kappa shape index (κ3) is 3.44. The number of aromatic nitrogens is 2. The smallest absolute Gasteiger partial charge is 0.326 e. The molecule has 6 heteroatoms. The number of aryl methyl sites for hydroxylation is 1. The van der Waals surface area contributed by atoms with Gasteiger partial charge in [0.2, 0.25) is 0 Å². The molecule has 1 atom stereocenters. The van der Waals surface area contributed by atoms with Gasteiger partial charge in [0.05, 0.1) is 11.8 Å². The number of nitrogens with one attached hydrogen (secondary N) is 1. The van der Waals surface area contributed by atoms with Crippen LogP contribution < -0.4 is 5.32 Å². The molecule has 1 amide bonds. The van der Waals surface area contributed by atoms with Crippen molar-refractivity contribution in [2.45, 2.75) is 12.5 Å². The molecule has 1 aromatic carbocycles. The van der Waals surface area contributed by atoms with E-state index in [1.807, 2.05) is 30.3 Å². The fourth-order valence-electron chi connectivity index (χ4n) is 1.83. The van der Waals surface area contributed by atoms with E-state index in [0.717, 1.165) is 5.56 Å². The van der Waals surface area contributed by atoms with Gasteiger partial charge in [0, 0.05) is 19.7 Å². The number of hydrogen-bond acceptors (Lipinski definition) is 3. The molecule has 2 N–H and O–H groups in total. The topological polar surface area (TPSA) is 84.2 Å². The second kappa shape index (κ2) is 6.01. The van der Waals surface area contributed by atoms with E-state index in [0.29, 0.717) is 5.56 Å². The number of carboxylic acid groups (broad SMARTS) is 1. The summed E-state index contributed by atoms with van der Waals surface area (Å²) in [5, 5.41) is 15.6. The van der Waals surface area contributed by atoms with Crippen molar-refractivity contribution in [2.75, 3.05) is 0 Å². The van der Waals surface area contributed by atoms with Crippen LogP contribution in [0, 0.1) is 0 Å². The molecule has 0 aliphatic heterocycles. The Morgan fingerprint density at radius 1 is 1.35 bits per heavy atom. The van der Waals surface area contributed by atoms with Crippen LogP contribution in [0.1, 0.15) is 15.9 Å². The van der Waals surface area contributed by atoms with Gasteiger partial charge in [0.1, 0.15) is 6.04 Å². The first-order chi connectivity index (χ1) is 9.56. The summed E-state index contributed by atoms with van der Waals surface area (Å²) in [4.78, 5) is 23.2. The van der Waals surface area contributed by atoms with E-state index in [4.69, 9.17) is 0 Å². The molecule has 0 aliphatic carbocycles. The number of nitrogens with zero attached hydrogens (tertiary/aromatic N) is 2. The lowest BCUT2D eigenvalue weighted by atomic mass is 10.1. The quantitative estimate of drug-likeness (QED) is 0.845. The minimum absolute atomic E-state index is 0.238. The molecule has 2 aromatic rings. The minimum atomic E-state index is -1.06. The fourth-order valence-corrected chi connectivity index (χ4v) is 1.83. The minimum Gasteiger partial charge on any atom is -0.480 e. The summed E-state index contributed by atoms with van der Waals surface area (Å²) in [6.45, 7) is 0. The highest BCUT2D eigenvalue weighted by Gasteiger charge is 2.21. The Kier molecular flexibility index (Phi) is 4.14. The summed E-state index contributed by atoms with van der Waals surface area (Å²) in [6, 6.07) is 8.20. The van der Waals surface area contributed by atoms with Gasteiger partial charge in [-0.1, -0.05) is 30.3 Å². The number of amides is 1. The Morgan fingerprint density at radius 3 is 2.60 bits per heavy atom. The zero-order valence-electron chi connectivity index (χ0n) is 11.0. The number of carbonyl (C=O) groups excluding carboxylic acids is 1. The van der Waals surface area contributed by atoms with Crippen molar-refractivity contribution in [3.63, 3.8) is 0 Å². The molecule has 0 fully saturated rings. The van der Waals surface area contributed by atoms with Gasteiger partial charge in [-0.3, -0.25) is 9.48 Å². The van der Waals surface area contributed by atoms with E-state index < -0.39 is 17.9 Å². The first-order valence-corrected chi connectivity index (χ1v) is 6.12. The molecule has 1 heterocycles. The van der Waals surface area contributed by atoms with Crippen molar-refractivity contribution in [1.82, 2.24) is 15.1 Å². The molecule has 1 aromatic heterocycles. The molecule has 6 nitrogen and oxygen atoms in total. The Morgan fingerprint density at radius 2 is 2.05 bits per heavy atom. The number of hydrogen-bond donors (Lipinski definition) is 2. The average molecular weight is 273 g/mol. The van der Waals surface area contributed by atoms with Crippen LogP contribution in [-0.4, -0.2) is 32.8 Å². The van der Waals surface area contributed by atoms with Crippen molar-refractivity contribution >= 4 is 11.9 Å². The lowest BCUT2D eigenvalue weighted by molar-refractivity contribution is -0.139. The molecule has 20 heavy (non-hydrogen) atoms. The van der Waals surface area contributed by atoms with Crippen molar-refractivity contribution in [1.29, 1.82) is 0 Å². The number of carbonyl (C=O) groups is 2. The van der Waals surface area contributed by atoms with E-state index in [-0.39, 0.29) is 6.42 Å². The van der Waals surface area contributed by atoms with Gasteiger partial charge in [0.25, 0.3) is 5.91 Å². The Balaban J connectivity index is 2.06. The maximum atomic E-state index is 11.9. The third-order valence-electron chi connectivity index (χ3n) is 2.85. The molecule has 0 saturated heterocycles. The Labute approximate surface area is 116 Å². The summed E-state index contributed by atoms with van der Waals surface area (Å²) in [5.74, 6) is -1.51. The lowest BCUT2D eigenvalue weighted by Gasteiger charge is -2.13. The summed E-state index contributed by atoms with van der Waals surface area (Å²) >= 11 is 0. The second-order valence-corrected chi connectivity index (χ2v) is 4.46. The highest BCUT2D eigenvalue weighted by atomic mass is 16.4. The van der Waals surface area contributed by atoms with Gasteiger partial charge < -0.3 is 10.4 Å². The van der Waals surface area contributed by atoms with Gasteiger partial charge in [-0.15, -0.1) is 0 Å². The van der Waals surface area contributed by atoms with Gasteiger partial charge in [-0.2, -0.15) is 5.10 Å². The summed E-state index contributed by atoms with van der Waals surface area (Å²) in [5.41, 5.74) is 1.19. The van der Waals surface area contributed by atoms with Crippen molar-refractivity contribution in [3.8, 4) is 0 Å². The van der Waals surface area contributed by atoms with Crippen molar-refractivity contribution in [2.24, 2.45) is 7.05 Å². The van der Waals surface area contributed by atoms with Crippen LogP contribution in [0.5, 0.6) is 0 Å². The largest absolute Gasteiger partial charge is 0.480 e. The zero-order chi connectivity index (χ0) is 14.5. The van der Waals surface area contributed by atoms with Crippen molar-refractivity contribution < 1.29 is 14.7 Å². The molecule has 0 unspecified atom stereocenters. The van der Waals surface area contributed by atoms with Gasteiger partial charge in [0.15, 0.2) is 0 Å². The van der Waals surface area contributed by atoms with Crippen LogP contribution in [0.2, 0.25) is 0 Å². The predicted molar refractivity (Wildman–Crippen MR) is 72.2 cm³/mol.